The number of alkyl halides is 3. The van der Waals surface area contributed by atoms with Gasteiger partial charge in [-0.05, 0) is 34.7 Å². The van der Waals surface area contributed by atoms with Crippen molar-refractivity contribution in [1.82, 2.24) is 0 Å². The van der Waals surface area contributed by atoms with Crippen molar-refractivity contribution in [2.75, 3.05) is 0 Å². The summed E-state index contributed by atoms with van der Waals surface area (Å²) in [7, 11) is 0. The van der Waals surface area contributed by atoms with Gasteiger partial charge in [0.15, 0.2) is 6.29 Å². The van der Waals surface area contributed by atoms with E-state index >= 15 is 0 Å². The fourth-order valence-corrected chi connectivity index (χ4v) is 2.36. The van der Waals surface area contributed by atoms with Gasteiger partial charge in [0.05, 0.1) is 22.1 Å². The lowest BCUT2D eigenvalue weighted by Gasteiger charge is -2.12. The summed E-state index contributed by atoms with van der Waals surface area (Å²) in [4.78, 5) is 10.9. The van der Waals surface area contributed by atoms with Crippen LogP contribution >= 0.6 is 11.3 Å². The zero-order chi connectivity index (χ0) is 14.0. The predicted molar refractivity (Wildman–Crippen MR) is 64.9 cm³/mol. The van der Waals surface area contributed by atoms with Gasteiger partial charge < -0.3 is 0 Å². The van der Waals surface area contributed by atoms with Crippen molar-refractivity contribution < 1.29 is 18.0 Å². The molecule has 0 aliphatic rings. The molecule has 0 radical (unpaired) electrons. The number of rotatable bonds is 2. The van der Waals surface area contributed by atoms with Crippen LogP contribution in [0.2, 0.25) is 0 Å². The standard InChI is InChI=1S/C13H6F3NOS/c14-13(15,16)12-3-8(5-17)1-2-11(12)9-4-10(6-18)19-7-9/h1-4,6-7H. The Kier molecular flexibility index (Phi) is 3.40. The van der Waals surface area contributed by atoms with Crippen molar-refractivity contribution >= 4 is 17.6 Å². The molecule has 0 spiro atoms. The molecule has 0 aliphatic carbocycles. The first-order chi connectivity index (χ1) is 8.95. The number of benzene rings is 1. The first kappa shape index (κ1) is 13.3. The van der Waals surface area contributed by atoms with Gasteiger partial charge in [-0.1, -0.05) is 6.07 Å². The molecular formula is C13H6F3NOS. The summed E-state index contributed by atoms with van der Waals surface area (Å²) in [6, 6.07) is 6.46. The summed E-state index contributed by atoms with van der Waals surface area (Å²) in [5.41, 5.74) is -0.636. The minimum atomic E-state index is -4.55. The molecule has 0 atom stereocenters. The normalized spacial score (nSPS) is 11.1. The second-order valence-electron chi connectivity index (χ2n) is 3.73. The molecule has 2 rings (SSSR count). The lowest BCUT2D eigenvalue weighted by atomic mass is 9.99. The van der Waals surface area contributed by atoms with E-state index in [-0.39, 0.29) is 11.1 Å². The summed E-state index contributed by atoms with van der Waals surface area (Å²) in [6.45, 7) is 0. The van der Waals surface area contributed by atoms with Crippen molar-refractivity contribution in [3.8, 4) is 17.2 Å². The quantitative estimate of drug-likeness (QED) is 0.777. The highest BCUT2D eigenvalue weighted by molar-refractivity contribution is 7.12. The molecule has 1 aromatic carbocycles. The summed E-state index contributed by atoms with van der Waals surface area (Å²) in [5.74, 6) is 0. The van der Waals surface area contributed by atoms with Crippen LogP contribution in [0.3, 0.4) is 0 Å². The molecule has 0 aliphatic heterocycles. The van der Waals surface area contributed by atoms with Crippen LogP contribution in [0.5, 0.6) is 0 Å². The molecule has 1 heterocycles. The van der Waals surface area contributed by atoms with Gasteiger partial charge >= 0.3 is 6.18 Å². The molecule has 0 N–H and O–H groups in total. The molecule has 96 valence electrons. The third kappa shape index (κ3) is 2.66. The van der Waals surface area contributed by atoms with Crippen molar-refractivity contribution in [1.29, 1.82) is 5.26 Å². The Morgan fingerprint density at radius 1 is 1.26 bits per heavy atom. The zero-order valence-electron chi connectivity index (χ0n) is 9.36. The molecule has 0 saturated heterocycles. The lowest BCUT2D eigenvalue weighted by Crippen LogP contribution is -2.07. The minimum Gasteiger partial charge on any atom is -0.297 e. The van der Waals surface area contributed by atoms with E-state index in [1.807, 2.05) is 0 Å². The third-order valence-electron chi connectivity index (χ3n) is 2.50. The van der Waals surface area contributed by atoms with Crippen LogP contribution in [0.15, 0.2) is 29.6 Å². The second kappa shape index (κ2) is 4.86. The number of aldehydes is 1. The number of carbonyl (C=O) groups is 1. The smallest absolute Gasteiger partial charge is 0.297 e. The number of hydrogen-bond acceptors (Lipinski definition) is 3. The van der Waals surface area contributed by atoms with Gasteiger partial charge in [0.2, 0.25) is 0 Å². The van der Waals surface area contributed by atoms with Crippen molar-refractivity contribution in [2.24, 2.45) is 0 Å². The van der Waals surface area contributed by atoms with Crippen LogP contribution < -0.4 is 0 Å². The summed E-state index contributed by atoms with van der Waals surface area (Å²) >= 11 is 1.07. The highest BCUT2D eigenvalue weighted by Gasteiger charge is 2.34. The Labute approximate surface area is 110 Å². The van der Waals surface area contributed by atoms with Crippen LogP contribution in [-0.4, -0.2) is 6.29 Å². The fraction of sp³-hybridized carbons (Fsp3) is 0.0769. The van der Waals surface area contributed by atoms with Gasteiger partial charge in [0, 0.05) is 0 Å². The van der Waals surface area contributed by atoms with Gasteiger partial charge in [0.1, 0.15) is 0 Å². The van der Waals surface area contributed by atoms with Crippen LogP contribution in [0.4, 0.5) is 13.2 Å². The molecule has 2 aromatic rings. The number of thiophene rings is 1. The maximum absolute atomic E-state index is 13.0. The molecule has 0 bridgehead atoms. The molecule has 0 saturated carbocycles. The fourth-order valence-electron chi connectivity index (χ4n) is 1.66. The maximum atomic E-state index is 13.0. The van der Waals surface area contributed by atoms with Gasteiger partial charge in [-0.3, -0.25) is 4.79 Å². The molecular weight excluding hydrogens is 275 g/mol. The van der Waals surface area contributed by atoms with E-state index in [9.17, 15) is 18.0 Å². The molecule has 0 fully saturated rings. The first-order valence-electron chi connectivity index (χ1n) is 5.11. The molecule has 0 unspecified atom stereocenters. The Morgan fingerprint density at radius 3 is 2.53 bits per heavy atom. The maximum Gasteiger partial charge on any atom is 0.417 e. The van der Waals surface area contributed by atoms with Crippen LogP contribution in [0, 0.1) is 11.3 Å². The van der Waals surface area contributed by atoms with Gasteiger partial charge in [-0.25, -0.2) is 0 Å². The zero-order valence-corrected chi connectivity index (χ0v) is 10.2. The Hall–Kier alpha value is -2.13. The van der Waals surface area contributed by atoms with Crippen LogP contribution in [0.25, 0.3) is 11.1 Å². The largest absolute Gasteiger partial charge is 0.417 e. The Morgan fingerprint density at radius 2 is 2.00 bits per heavy atom. The highest BCUT2D eigenvalue weighted by atomic mass is 32.1. The summed E-state index contributed by atoms with van der Waals surface area (Å²) in [6.07, 6.45) is -3.96. The number of nitrogens with zero attached hydrogens (tertiary/aromatic N) is 1. The van der Waals surface area contributed by atoms with Gasteiger partial charge in [0.25, 0.3) is 0 Å². The molecule has 0 amide bonds. The Bertz CT molecular complexity index is 667. The van der Waals surface area contributed by atoms with Gasteiger partial charge in [-0.2, -0.15) is 18.4 Å². The number of nitriles is 1. The van der Waals surface area contributed by atoms with Crippen LogP contribution in [-0.2, 0) is 6.18 Å². The van der Waals surface area contributed by atoms with E-state index in [2.05, 4.69) is 0 Å². The molecule has 6 heteroatoms. The van der Waals surface area contributed by atoms with Gasteiger partial charge in [-0.15, -0.1) is 11.3 Å². The summed E-state index contributed by atoms with van der Waals surface area (Å²) < 4.78 is 38.9. The predicted octanol–water partition coefficient (Wildman–Crippen LogP) is 4.12. The summed E-state index contributed by atoms with van der Waals surface area (Å²) in [5, 5.41) is 10.2. The van der Waals surface area contributed by atoms with Crippen LogP contribution in [0.1, 0.15) is 20.8 Å². The second-order valence-corrected chi connectivity index (χ2v) is 4.67. The first-order valence-corrected chi connectivity index (χ1v) is 5.99. The molecule has 1 aromatic heterocycles. The van der Waals surface area contributed by atoms with Crippen molar-refractivity contribution in [3.63, 3.8) is 0 Å². The molecule has 2 nitrogen and oxygen atoms in total. The monoisotopic (exact) mass is 281 g/mol. The third-order valence-corrected chi connectivity index (χ3v) is 3.36. The number of halogens is 3. The SMILES string of the molecule is N#Cc1ccc(-c2csc(C=O)c2)c(C(F)(F)F)c1. The van der Waals surface area contributed by atoms with E-state index in [4.69, 9.17) is 5.26 Å². The molecule has 19 heavy (non-hydrogen) atoms. The van der Waals surface area contributed by atoms with E-state index < -0.39 is 11.7 Å². The Balaban J connectivity index is 2.63. The lowest BCUT2D eigenvalue weighted by molar-refractivity contribution is -0.137. The van der Waals surface area contributed by atoms with E-state index in [0.29, 0.717) is 16.7 Å². The highest BCUT2D eigenvalue weighted by Crippen LogP contribution is 2.38. The number of hydrogen-bond donors (Lipinski definition) is 0. The van der Waals surface area contributed by atoms with Crippen molar-refractivity contribution in [2.45, 2.75) is 6.18 Å². The topological polar surface area (TPSA) is 40.9 Å². The van der Waals surface area contributed by atoms with E-state index in [0.717, 1.165) is 17.4 Å². The number of carbonyl (C=O) groups excluding carboxylic acids is 1. The van der Waals surface area contributed by atoms with E-state index in [1.165, 1.54) is 23.6 Å². The average molecular weight is 281 g/mol. The van der Waals surface area contributed by atoms with Crippen molar-refractivity contribution in [3.05, 3.63) is 45.6 Å². The average Bonchev–Trinajstić information content (AvgIpc) is 2.85. The van der Waals surface area contributed by atoms with E-state index in [1.54, 1.807) is 6.07 Å². The minimum absolute atomic E-state index is 0.0316.